The molecule has 0 saturated heterocycles. The summed E-state index contributed by atoms with van der Waals surface area (Å²) in [7, 11) is -0.841. The Bertz CT molecular complexity index is 361. The van der Waals surface area contributed by atoms with E-state index in [2.05, 4.69) is 6.30 Å². The second-order valence-electron chi connectivity index (χ2n) is 4.35. The summed E-state index contributed by atoms with van der Waals surface area (Å²) in [6, 6.07) is 0. The van der Waals surface area contributed by atoms with E-state index in [4.69, 9.17) is 18.5 Å². The van der Waals surface area contributed by atoms with Crippen LogP contribution in [0.3, 0.4) is 0 Å². The monoisotopic (exact) mass is 308 g/mol. The summed E-state index contributed by atoms with van der Waals surface area (Å²) in [5.41, 5.74) is -1.47. The molecule has 0 saturated carbocycles. The fraction of sp³-hybridized carbons (Fsp3) is 0.769. The second-order valence-corrected chi connectivity index (χ2v) is 7.00. The zero-order valence-corrected chi connectivity index (χ0v) is 13.8. The summed E-state index contributed by atoms with van der Waals surface area (Å²) in [4.78, 5) is 24.3. The van der Waals surface area contributed by atoms with Gasteiger partial charge in [-0.25, -0.2) is 0 Å². The lowest BCUT2D eigenvalue weighted by Crippen LogP contribution is -2.45. The molecule has 1 atom stereocenters. The molecule has 0 spiro atoms. The molecule has 0 fully saturated rings. The molecule has 0 heterocycles. The second kappa shape index (κ2) is 8.45. The minimum absolute atomic E-state index is 0.164. The van der Waals surface area contributed by atoms with Crippen LogP contribution in [-0.2, 0) is 28.1 Å². The van der Waals surface area contributed by atoms with Crippen molar-refractivity contribution >= 4 is 25.6 Å². The van der Waals surface area contributed by atoms with Crippen LogP contribution in [-0.4, -0.2) is 51.8 Å². The van der Waals surface area contributed by atoms with Crippen molar-refractivity contribution in [3.63, 3.8) is 0 Å². The molecular formula is C13H25O6P. The van der Waals surface area contributed by atoms with Crippen molar-refractivity contribution in [3.8, 4) is 0 Å². The van der Waals surface area contributed by atoms with Crippen LogP contribution in [0.4, 0.5) is 0 Å². The summed E-state index contributed by atoms with van der Waals surface area (Å²) in [6.45, 7) is 6.97. The normalized spacial score (nSPS) is 14.4. The lowest BCUT2D eigenvalue weighted by atomic mass is 9.86. The van der Waals surface area contributed by atoms with Gasteiger partial charge < -0.3 is 18.5 Å². The van der Waals surface area contributed by atoms with Gasteiger partial charge in [0.1, 0.15) is 7.34 Å². The van der Waals surface area contributed by atoms with Gasteiger partial charge in [0.15, 0.2) is 5.41 Å². The van der Waals surface area contributed by atoms with Crippen molar-refractivity contribution in [1.82, 2.24) is 0 Å². The number of carbonyl (C=O) groups excluding carboxylic acids is 2. The minimum atomic E-state index is -2.32. The molecule has 0 bridgehead atoms. The Morgan fingerprint density at radius 2 is 1.55 bits per heavy atom. The van der Waals surface area contributed by atoms with Gasteiger partial charge in [0.2, 0.25) is 0 Å². The molecule has 0 aromatic rings. The van der Waals surface area contributed by atoms with E-state index in [1.807, 2.05) is 0 Å². The van der Waals surface area contributed by atoms with E-state index < -0.39 is 24.7 Å². The summed E-state index contributed by atoms with van der Waals surface area (Å²) in [6.07, 6.45) is 4.02. The third-order valence-electron chi connectivity index (χ3n) is 2.91. The largest absolute Gasteiger partial charge is 0.465 e. The van der Waals surface area contributed by atoms with Gasteiger partial charge in [-0.05, 0) is 20.3 Å². The highest BCUT2D eigenvalue weighted by molar-refractivity contribution is 7.63. The zero-order valence-electron chi connectivity index (χ0n) is 12.9. The maximum atomic E-state index is 12.2. The number of hydrogen-bond donors (Lipinski definition) is 0. The van der Waals surface area contributed by atoms with Crippen LogP contribution in [0.2, 0.25) is 0 Å². The standard InChI is InChI=1S/C13H25O6P/c1-7-13(11(14)17-8-2,12(15)18-9-3)10-19-20(5,6)16-4/h5,7-10H2,1-4,6H3. The van der Waals surface area contributed by atoms with Crippen LogP contribution < -0.4 is 0 Å². The molecule has 0 radical (unpaired) electrons. The maximum absolute atomic E-state index is 12.2. The highest BCUT2D eigenvalue weighted by atomic mass is 31.2. The predicted molar refractivity (Wildman–Crippen MR) is 78.9 cm³/mol. The molecule has 6 nitrogen and oxygen atoms in total. The third-order valence-corrected chi connectivity index (χ3v) is 4.35. The fourth-order valence-corrected chi connectivity index (χ4v) is 2.03. The Labute approximate surface area is 120 Å². The van der Waals surface area contributed by atoms with E-state index in [-0.39, 0.29) is 26.2 Å². The summed E-state index contributed by atoms with van der Waals surface area (Å²) in [5, 5.41) is 0. The third kappa shape index (κ3) is 4.93. The van der Waals surface area contributed by atoms with Crippen LogP contribution in [0.1, 0.15) is 27.2 Å². The fourth-order valence-electron chi connectivity index (χ4n) is 1.43. The van der Waals surface area contributed by atoms with E-state index in [0.717, 1.165) is 0 Å². The summed E-state index contributed by atoms with van der Waals surface area (Å²) in [5.74, 6) is -1.28. The Hall–Kier alpha value is -0.840. The average molecular weight is 308 g/mol. The molecule has 0 aliphatic heterocycles. The van der Waals surface area contributed by atoms with Crippen LogP contribution >= 0.6 is 7.34 Å². The van der Waals surface area contributed by atoms with Crippen LogP contribution in [0.15, 0.2) is 0 Å². The Balaban J connectivity index is 5.26. The van der Waals surface area contributed by atoms with Gasteiger partial charge in [-0.3, -0.25) is 9.59 Å². The van der Waals surface area contributed by atoms with Crippen LogP contribution in [0.25, 0.3) is 0 Å². The number of esters is 2. The van der Waals surface area contributed by atoms with E-state index in [1.165, 1.54) is 7.11 Å². The van der Waals surface area contributed by atoms with Gasteiger partial charge in [-0.2, -0.15) is 0 Å². The predicted octanol–water partition coefficient (Wildman–Crippen LogP) is 2.08. The highest BCUT2D eigenvalue weighted by Crippen LogP contribution is 2.44. The average Bonchev–Trinajstić information content (AvgIpc) is 2.40. The first-order chi connectivity index (χ1) is 9.29. The van der Waals surface area contributed by atoms with E-state index >= 15 is 0 Å². The molecule has 0 N–H and O–H groups in total. The smallest absolute Gasteiger partial charge is 0.325 e. The summed E-state index contributed by atoms with van der Waals surface area (Å²) >= 11 is 0. The van der Waals surface area contributed by atoms with Crippen molar-refractivity contribution in [2.24, 2.45) is 5.41 Å². The molecular weight excluding hydrogens is 283 g/mol. The molecule has 0 aliphatic rings. The molecule has 7 heteroatoms. The first-order valence-electron chi connectivity index (χ1n) is 6.55. The number of hydrogen-bond acceptors (Lipinski definition) is 6. The van der Waals surface area contributed by atoms with Crippen LogP contribution in [0.5, 0.6) is 0 Å². The number of ether oxygens (including phenoxy) is 2. The van der Waals surface area contributed by atoms with Gasteiger partial charge in [-0.1, -0.05) is 13.2 Å². The van der Waals surface area contributed by atoms with Crippen LogP contribution in [0, 0.1) is 5.41 Å². The Morgan fingerprint density at radius 3 is 1.85 bits per heavy atom. The first-order valence-corrected chi connectivity index (χ1v) is 8.80. The maximum Gasteiger partial charge on any atom is 0.325 e. The van der Waals surface area contributed by atoms with Gasteiger partial charge >= 0.3 is 11.9 Å². The van der Waals surface area contributed by atoms with E-state index in [1.54, 1.807) is 27.4 Å². The lowest BCUT2D eigenvalue weighted by Gasteiger charge is -2.30. The van der Waals surface area contributed by atoms with Gasteiger partial charge in [0.05, 0.1) is 19.8 Å². The van der Waals surface area contributed by atoms with Crippen molar-refractivity contribution < 1.29 is 28.1 Å². The molecule has 20 heavy (non-hydrogen) atoms. The Morgan fingerprint density at radius 1 is 1.10 bits per heavy atom. The van der Waals surface area contributed by atoms with Crippen molar-refractivity contribution in [3.05, 3.63) is 0 Å². The topological polar surface area (TPSA) is 71.1 Å². The van der Waals surface area contributed by atoms with Gasteiger partial charge in [-0.15, -0.1) is 0 Å². The minimum Gasteiger partial charge on any atom is -0.465 e. The van der Waals surface area contributed by atoms with Crippen molar-refractivity contribution in [2.45, 2.75) is 27.2 Å². The van der Waals surface area contributed by atoms with Crippen molar-refractivity contribution in [2.75, 3.05) is 33.6 Å². The molecule has 0 aliphatic carbocycles. The Kier molecular flexibility index (Phi) is 8.09. The lowest BCUT2D eigenvalue weighted by molar-refractivity contribution is -0.174. The number of rotatable bonds is 9. The molecule has 0 aromatic carbocycles. The first kappa shape index (κ1) is 19.2. The SMILES string of the molecule is C=P(C)(OC)OCC(CC)(C(=O)OCC)C(=O)OCC. The summed E-state index contributed by atoms with van der Waals surface area (Å²) < 4.78 is 20.7. The molecule has 0 rings (SSSR count). The highest BCUT2D eigenvalue weighted by Gasteiger charge is 2.48. The molecule has 1 unspecified atom stereocenters. The molecule has 0 aromatic heterocycles. The quantitative estimate of drug-likeness (QED) is 0.369. The zero-order chi connectivity index (χ0) is 15.8. The molecule has 0 amide bonds. The van der Waals surface area contributed by atoms with Gasteiger partial charge in [0, 0.05) is 13.8 Å². The van der Waals surface area contributed by atoms with E-state index in [9.17, 15) is 9.59 Å². The van der Waals surface area contributed by atoms with Crippen molar-refractivity contribution in [1.29, 1.82) is 0 Å². The van der Waals surface area contributed by atoms with E-state index in [0.29, 0.717) is 0 Å². The van der Waals surface area contributed by atoms with Gasteiger partial charge in [0.25, 0.3) is 0 Å². The number of carbonyl (C=O) groups is 2. The molecule has 118 valence electrons.